The van der Waals surface area contributed by atoms with E-state index in [1.165, 1.54) is 11.3 Å². The van der Waals surface area contributed by atoms with Gasteiger partial charge in [0.2, 0.25) is 5.78 Å². The SMILES string of the molecule is Cc1ccccc1COC(=O)c1ccccc1C(=O)c1cccs1. The van der Waals surface area contributed by atoms with Crippen molar-refractivity contribution in [3.63, 3.8) is 0 Å². The predicted octanol–water partition coefficient (Wildman–Crippen LogP) is 4.64. The summed E-state index contributed by atoms with van der Waals surface area (Å²) in [4.78, 5) is 25.6. The Kier molecular flexibility index (Phi) is 4.87. The first-order valence-corrected chi connectivity index (χ1v) is 8.43. The molecule has 0 aliphatic rings. The summed E-state index contributed by atoms with van der Waals surface area (Å²) in [6.07, 6.45) is 0. The number of rotatable bonds is 5. The minimum Gasteiger partial charge on any atom is -0.457 e. The first-order valence-electron chi connectivity index (χ1n) is 7.55. The molecule has 1 heterocycles. The Morgan fingerprint density at radius 2 is 1.62 bits per heavy atom. The maximum Gasteiger partial charge on any atom is 0.339 e. The van der Waals surface area contributed by atoms with E-state index in [1.807, 2.05) is 42.6 Å². The lowest BCUT2D eigenvalue weighted by Crippen LogP contribution is -2.12. The topological polar surface area (TPSA) is 43.4 Å². The van der Waals surface area contributed by atoms with Gasteiger partial charge in [-0.3, -0.25) is 4.79 Å². The van der Waals surface area contributed by atoms with Gasteiger partial charge in [0.1, 0.15) is 6.61 Å². The number of ketones is 1. The van der Waals surface area contributed by atoms with Gasteiger partial charge in [-0.1, -0.05) is 48.5 Å². The molecule has 0 bridgehead atoms. The van der Waals surface area contributed by atoms with E-state index < -0.39 is 5.97 Å². The Labute approximate surface area is 144 Å². The van der Waals surface area contributed by atoms with Crippen LogP contribution in [0.1, 0.15) is 36.7 Å². The van der Waals surface area contributed by atoms with Gasteiger partial charge in [-0.05, 0) is 35.6 Å². The lowest BCUT2D eigenvalue weighted by Gasteiger charge is -2.10. The van der Waals surface area contributed by atoms with Gasteiger partial charge in [0.05, 0.1) is 10.4 Å². The number of aryl methyl sites for hydroxylation is 1. The van der Waals surface area contributed by atoms with Crippen LogP contribution in [-0.4, -0.2) is 11.8 Å². The summed E-state index contributed by atoms with van der Waals surface area (Å²) in [5, 5.41) is 1.84. The zero-order valence-electron chi connectivity index (χ0n) is 13.2. The van der Waals surface area contributed by atoms with Gasteiger partial charge in [-0.15, -0.1) is 11.3 Å². The smallest absolute Gasteiger partial charge is 0.339 e. The average Bonchev–Trinajstić information content (AvgIpc) is 3.15. The second-order valence-corrected chi connectivity index (χ2v) is 6.30. The van der Waals surface area contributed by atoms with Crippen LogP contribution in [0.25, 0.3) is 0 Å². The summed E-state index contributed by atoms with van der Waals surface area (Å²) in [5.74, 6) is -0.646. The average molecular weight is 336 g/mol. The Morgan fingerprint density at radius 3 is 2.33 bits per heavy atom. The van der Waals surface area contributed by atoms with Crippen LogP contribution in [-0.2, 0) is 11.3 Å². The van der Waals surface area contributed by atoms with Gasteiger partial charge in [-0.2, -0.15) is 0 Å². The van der Waals surface area contributed by atoms with Crippen LogP contribution in [0.3, 0.4) is 0 Å². The summed E-state index contributed by atoms with van der Waals surface area (Å²) >= 11 is 1.36. The number of thiophene rings is 1. The van der Waals surface area contributed by atoms with Crippen LogP contribution in [0.5, 0.6) is 0 Å². The summed E-state index contributed by atoms with van der Waals surface area (Å²) in [6.45, 7) is 2.16. The lowest BCUT2D eigenvalue weighted by molar-refractivity contribution is 0.0469. The molecule has 0 fully saturated rings. The molecule has 3 rings (SSSR count). The van der Waals surface area contributed by atoms with Crippen molar-refractivity contribution in [3.05, 3.63) is 93.2 Å². The zero-order chi connectivity index (χ0) is 16.9. The fourth-order valence-electron chi connectivity index (χ4n) is 2.39. The van der Waals surface area contributed by atoms with Gasteiger partial charge < -0.3 is 4.74 Å². The first kappa shape index (κ1) is 16.1. The van der Waals surface area contributed by atoms with E-state index in [0.717, 1.165) is 11.1 Å². The van der Waals surface area contributed by atoms with Gasteiger partial charge >= 0.3 is 5.97 Å². The van der Waals surface area contributed by atoms with E-state index >= 15 is 0 Å². The van der Waals surface area contributed by atoms with Crippen LogP contribution in [0.2, 0.25) is 0 Å². The number of ether oxygens (including phenoxy) is 1. The van der Waals surface area contributed by atoms with Crippen molar-refractivity contribution in [1.29, 1.82) is 0 Å². The summed E-state index contributed by atoms with van der Waals surface area (Å²) in [7, 11) is 0. The van der Waals surface area contributed by atoms with Crippen molar-refractivity contribution < 1.29 is 14.3 Å². The highest BCUT2D eigenvalue weighted by Gasteiger charge is 2.19. The van der Waals surface area contributed by atoms with E-state index in [-0.39, 0.29) is 12.4 Å². The third kappa shape index (κ3) is 3.44. The van der Waals surface area contributed by atoms with Gasteiger partial charge in [-0.25, -0.2) is 4.79 Å². The van der Waals surface area contributed by atoms with Crippen LogP contribution in [0.15, 0.2) is 66.0 Å². The number of carbonyl (C=O) groups excluding carboxylic acids is 2. The number of carbonyl (C=O) groups is 2. The van der Waals surface area contributed by atoms with E-state index in [9.17, 15) is 9.59 Å². The monoisotopic (exact) mass is 336 g/mol. The summed E-state index contributed by atoms with van der Waals surface area (Å²) in [5.41, 5.74) is 2.68. The molecule has 4 heteroatoms. The third-order valence-corrected chi connectivity index (χ3v) is 4.63. The van der Waals surface area contributed by atoms with Crippen molar-refractivity contribution >= 4 is 23.1 Å². The molecular formula is C20H16O3S. The van der Waals surface area contributed by atoms with Crippen LogP contribution >= 0.6 is 11.3 Å². The summed E-state index contributed by atoms with van der Waals surface area (Å²) in [6, 6.07) is 18.1. The molecule has 0 unspecified atom stereocenters. The molecule has 0 N–H and O–H groups in total. The molecule has 3 nitrogen and oxygen atoms in total. The minimum atomic E-state index is -0.487. The van der Waals surface area contributed by atoms with E-state index in [4.69, 9.17) is 4.74 Å². The van der Waals surface area contributed by atoms with E-state index in [2.05, 4.69) is 0 Å². The molecule has 0 aliphatic carbocycles. The van der Waals surface area contributed by atoms with Crippen molar-refractivity contribution in [1.82, 2.24) is 0 Å². The zero-order valence-corrected chi connectivity index (χ0v) is 14.0. The van der Waals surface area contributed by atoms with E-state index in [0.29, 0.717) is 16.0 Å². The molecule has 1 aromatic heterocycles. The van der Waals surface area contributed by atoms with Crippen molar-refractivity contribution in [2.75, 3.05) is 0 Å². The second kappa shape index (κ2) is 7.23. The van der Waals surface area contributed by atoms with Crippen molar-refractivity contribution in [2.45, 2.75) is 13.5 Å². The number of benzene rings is 2. The summed E-state index contributed by atoms with van der Waals surface area (Å²) < 4.78 is 5.42. The molecule has 0 amide bonds. The van der Waals surface area contributed by atoms with Crippen LogP contribution in [0.4, 0.5) is 0 Å². The molecule has 0 atom stereocenters. The molecule has 3 aromatic rings. The normalized spacial score (nSPS) is 10.4. The minimum absolute atomic E-state index is 0.159. The fraction of sp³-hybridized carbons (Fsp3) is 0.100. The van der Waals surface area contributed by atoms with Crippen LogP contribution in [0, 0.1) is 6.92 Å². The number of hydrogen-bond donors (Lipinski definition) is 0. The molecule has 0 aliphatic heterocycles. The Hall–Kier alpha value is -2.72. The van der Waals surface area contributed by atoms with Crippen molar-refractivity contribution in [3.8, 4) is 0 Å². The predicted molar refractivity (Wildman–Crippen MR) is 94.5 cm³/mol. The van der Waals surface area contributed by atoms with Crippen LogP contribution < -0.4 is 0 Å². The molecular weight excluding hydrogens is 320 g/mol. The lowest BCUT2D eigenvalue weighted by atomic mass is 10.0. The quantitative estimate of drug-likeness (QED) is 0.503. The third-order valence-electron chi connectivity index (χ3n) is 3.76. The van der Waals surface area contributed by atoms with Gasteiger partial charge in [0, 0.05) is 5.56 Å². The number of hydrogen-bond acceptors (Lipinski definition) is 4. The molecule has 2 aromatic carbocycles. The molecule has 24 heavy (non-hydrogen) atoms. The van der Waals surface area contributed by atoms with Gasteiger partial charge in [0.25, 0.3) is 0 Å². The molecule has 0 spiro atoms. The molecule has 0 saturated heterocycles. The largest absolute Gasteiger partial charge is 0.457 e. The highest BCUT2D eigenvalue weighted by Crippen LogP contribution is 2.19. The molecule has 120 valence electrons. The molecule has 0 saturated carbocycles. The Balaban J connectivity index is 1.81. The number of esters is 1. The highest BCUT2D eigenvalue weighted by atomic mass is 32.1. The fourth-order valence-corrected chi connectivity index (χ4v) is 3.07. The second-order valence-electron chi connectivity index (χ2n) is 5.35. The first-order chi connectivity index (χ1) is 11.7. The molecule has 0 radical (unpaired) electrons. The maximum absolute atomic E-state index is 12.6. The van der Waals surface area contributed by atoms with E-state index in [1.54, 1.807) is 30.3 Å². The maximum atomic E-state index is 12.6. The standard InChI is InChI=1S/C20H16O3S/c1-14-7-2-3-8-15(14)13-23-20(22)17-10-5-4-9-16(17)19(21)18-11-6-12-24-18/h2-12H,13H2,1H3. The van der Waals surface area contributed by atoms with Crippen molar-refractivity contribution in [2.24, 2.45) is 0 Å². The highest BCUT2D eigenvalue weighted by molar-refractivity contribution is 7.12. The Bertz CT molecular complexity index is 866. The Morgan fingerprint density at radius 1 is 0.917 bits per heavy atom. The van der Waals surface area contributed by atoms with Gasteiger partial charge in [0.15, 0.2) is 0 Å².